The zero-order chi connectivity index (χ0) is 19.2. The van der Waals surface area contributed by atoms with Crippen LogP contribution in [0.3, 0.4) is 0 Å². The van der Waals surface area contributed by atoms with Gasteiger partial charge < -0.3 is 4.74 Å². The van der Waals surface area contributed by atoms with Gasteiger partial charge in [0.05, 0.1) is 6.54 Å². The van der Waals surface area contributed by atoms with Crippen molar-refractivity contribution in [2.24, 2.45) is 0 Å². The Kier molecular flexibility index (Phi) is 4.83. The number of hydrogen-bond acceptors (Lipinski definition) is 5. The van der Waals surface area contributed by atoms with Crippen LogP contribution < -0.4 is 4.74 Å². The first-order valence-electron chi connectivity index (χ1n) is 9.37. The highest BCUT2D eigenvalue weighted by molar-refractivity contribution is 7.89. The van der Waals surface area contributed by atoms with Crippen molar-refractivity contribution >= 4 is 21.4 Å². The second-order valence-corrected chi connectivity index (χ2v) is 11.1. The third kappa shape index (κ3) is 3.53. The van der Waals surface area contributed by atoms with Crippen molar-refractivity contribution in [2.75, 3.05) is 19.6 Å². The Bertz CT molecular complexity index is 938. The third-order valence-corrected chi connectivity index (χ3v) is 8.40. The van der Waals surface area contributed by atoms with Gasteiger partial charge in [-0.1, -0.05) is 12.1 Å². The summed E-state index contributed by atoms with van der Waals surface area (Å²) in [6.45, 7) is 8.90. The molecule has 0 saturated carbocycles. The lowest BCUT2D eigenvalue weighted by Crippen LogP contribution is -2.51. The van der Waals surface area contributed by atoms with Crippen molar-refractivity contribution < 1.29 is 13.2 Å². The van der Waals surface area contributed by atoms with Crippen molar-refractivity contribution in [2.45, 2.75) is 50.3 Å². The van der Waals surface area contributed by atoms with Crippen molar-refractivity contribution in [1.29, 1.82) is 0 Å². The monoisotopic (exact) mass is 406 g/mol. The lowest BCUT2D eigenvalue weighted by atomic mass is 10.0. The quantitative estimate of drug-likeness (QED) is 0.783. The Morgan fingerprint density at radius 1 is 1.19 bits per heavy atom. The first kappa shape index (κ1) is 18.9. The van der Waals surface area contributed by atoms with E-state index in [0.29, 0.717) is 12.3 Å². The van der Waals surface area contributed by atoms with Crippen LogP contribution in [0.2, 0.25) is 0 Å². The van der Waals surface area contributed by atoms with Gasteiger partial charge in [0.15, 0.2) is 0 Å². The molecule has 1 spiro atoms. The number of fused-ring (bicyclic) bond motifs is 1. The summed E-state index contributed by atoms with van der Waals surface area (Å²) in [5.41, 5.74) is -0.504. The first-order chi connectivity index (χ1) is 12.8. The number of likely N-dealkylation sites (tertiary alicyclic amines) is 1. The van der Waals surface area contributed by atoms with Gasteiger partial charge in [0.25, 0.3) is 0 Å². The maximum atomic E-state index is 13.2. The molecule has 0 unspecified atom stereocenters. The fourth-order valence-corrected chi connectivity index (χ4v) is 6.79. The highest BCUT2D eigenvalue weighted by Gasteiger charge is 2.48. The van der Waals surface area contributed by atoms with E-state index in [1.165, 1.54) is 9.75 Å². The molecule has 146 valence electrons. The van der Waals surface area contributed by atoms with Gasteiger partial charge in [-0.3, -0.25) is 4.90 Å². The van der Waals surface area contributed by atoms with Crippen molar-refractivity contribution in [3.8, 4) is 5.75 Å². The first-order valence-corrected chi connectivity index (χ1v) is 11.6. The van der Waals surface area contributed by atoms with E-state index >= 15 is 0 Å². The van der Waals surface area contributed by atoms with Crippen LogP contribution in [-0.2, 0) is 16.6 Å². The molecule has 3 heterocycles. The lowest BCUT2D eigenvalue weighted by molar-refractivity contribution is 0.0533. The Hall–Kier alpha value is -1.41. The summed E-state index contributed by atoms with van der Waals surface area (Å²) in [5.74, 6) is 0.481. The molecule has 2 aliphatic rings. The predicted molar refractivity (Wildman–Crippen MR) is 108 cm³/mol. The number of para-hydroxylation sites is 1. The summed E-state index contributed by atoms with van der Waals surface area (Å²) in [6, 6.07) is 11.3. The van der Waals surface area contributed by atoms with Crippen molar-refractivity contribution in [1.82, 2.24) is 9.21 Å². The maximum Gasteiger partial charge on any atom is 0.247 e. The Balaban J connectivity index is 1.65. The van der Waals surface area contributed by atoms with Gasteiger partial charge in [-0.15, -0.1) is 11.3 Å². The molecule has 1 aromatic carbocycles. The van der Waals surface area contributed by atoms with Gasteiger partial charge in [-0.2, -0.15) is 4.31 Å². The molecule has 1 saturated heterocycles. The van der Waals surface area contributed by atoms with E-state index in [2.05, 4.69) is 24.0 Å². The number of hydrogen-bond donors (Lipinski definition) is 0. The van der Waals surface area contributed by atoms with E-state index in [0.717, 1.165) is 26.1 Å². The van der Waals surface area contributed by atoms with Crippen LogP contribution in [0.15, 0.2) is 41.3 Å². The predicted octanol–water partition coefficient (Wildman–Crippen LogP) is 3.49. The number of aryl methyl sites for hydroxylation is 1. The second kappa shape index (κ2) is 6.88. The molecule has 0 aliphatic carbocycles. The minimum atomic E-state index is -3.56. The molecule has 27 heavy (non-hydrogen) atoms. The molecule has 7 heteroatoms. The van der Waals surface area contributed by atoms with Crippen molar-refractivity contribution in [3.63, 3.8) is 0 Å². The van der Waals surface area contributed by atoms with E-state index < -0.39 is 15.6 Å². The average Bonchev–Trinajstić information content (AvgIpc) is 3.17. The molecule has 2 aliphatic heterocycles. The molecule has 1 fully saturated rings. The van der Waals surface area contributed by atoms with Crippen LogP contribution in [0.1, 0.15) is 30.0 Å². The molecule has 1 aromatic heterocycles. The van der Waals surface area contributed by atoms with E-state index in [1.807, 2.05) is 31.3 Å². The summed E-state index contributed by atoms with van der Waals surface area (Å²) < 4.78 is 34.5. The number of benzene rings is 1. The fourth-order valence-electron chi connectivity index (χ4n) is 4.03. The van der Waals surface area contributed by atoms with Crippen LogP contribution in [0.5, 0.6) is 5.75 Å². The summed E-state index contributed by atoms with van der Waals surface area (Å²) in [4.78, 5) is 5.31. The highest BCUT2D eigenvalue weighted by atomic mass is 32.2. The molecule has 0 amide bonds. The van der Waals surface area contributed by atoms with Crippen LogP contribution in [0.4, 0.5) is 0 Å². The topological polar surface area (TPSA) is 49.9 Å². The molecule has 5 nitrogen and oxygen atoms in total. The zero-order valence-corrected chi connectivity index (χ0v) is 17.6. The summed E-state index contributed by atoms with van der Waals surface area (Å²) in [6.07, 6.45) is 0.824. The van der Waals surface area contributed by atoms with E-state index in [9.17, 15) is 8.42 Å². The van der Waals surface area contributed by atoms with E-state index in [-0.39, 0.29) is 10.9 Å². The second-order valence-electron chi connectivity index (χ2n) is 7.85. The van der Waals surface area contributed by atoms with Gasteiger partial charge in [-0.25, -0.2) is 8.42 Å². The third-order valence-electron chi connectivity index (χ3n) is 5.35. The summed E-state index contributed by atoms with van der Waals surface area (Å²) in [5, 5.41) is 0. The number of sulfonamides is 1. The van der Waals surface area contributed by atoms with Crippen LogP contribution in [0, 0.1) is 6.92 Å². The molecule has 1 atom stereocenters. The summed E-state index contributed by atoms with van der Waals surface area (Å²) in [7, 11) is -3.56. The average molecular weight is 407 g/mol. The van der Waals surface area contributed by atoms with Gasteiger partial charge in [0.2, 0.25) is 10.0 Å². The Morgan fingerprint density at radius 3 is 2.67 bits per heavy atom. The molecular weight excluding hydrogens is 380 g/mol. The number of nitrogens with zero attached hydrogens (tertiary/aromatic N) is 2. The van der Waals surface area contributed by atoms with Gasteiger partial charge in [0, 0.05) is 41.9 Å². The highest BCUT2D eigenvalue weighted by Crippen LogP contribution is 2.39. The van der Waals surface area contributed by atoms with Gasteiger partial charge >= 0.3 is 0 Å². The van der Waals surface area contributed by atoms with Gasteiger partial charge in [-0.05, 0) is 45.0 Å². The molecule has 2 aromatic rings. The maximum absolute atomic E-state index is 13.2. The molecule has 0 radical (unpaired) electrons. The van der Waals surface area contributed by atoms with Crippen LogP contribution in [0.25, 0.3) is 0 Å². The SMILES string of the molecule is Cc1ccc(CN2CC[C@@]3(C2)CN(C(C)C)S(=O)(=O)c2ccccc2O3)s1. The van der Waals surface area contributed by atoms with Gasteiger partial charge in [0.1, 0.15) is 16.2 Å². The fraction of sp³-hybridized carbons (Fsp3) is 0.500. The van der Waals surface area contributed by atoms with Crippen LogP contribution in [-0.4, -0.2) is 48.9 Å². The number of ether oxygens (including phenoxy) is 1. The molecular formula is C20H26N2O3S2. The number of rotatable bonds is 3. The Morgan fingerprint density at radius 2 is 1.96 bits per heavy atom. The van der Waals surface area contributed by atoms with Crippen molar-refractivity contribution in [3.05, 3.63) is 46.2 Å². The number of thiophene rings is 1. The molecule has 0 N–H and O–H groups in total. The molecule has 4 rings (SSSR count). The minimum absolute atomic E-state index is 0.115. The van der Waals surface area contributed by atoms with Crippen LogP contribution >= 0.6 is 11.3 Å². The zero-order valence-electron chi connectivity index (χ0n) is 16.0. The normalized spacial score (nSPS) is 25.5. The van der Waals surface area contributed by atoms with E-state index in [4.69, 9.17) is 4.74 Å². The van der Waals surface area contributed by atoms with E-state index in [1.54, 1.807) is 22.5 Å². The largest absolute Gasteiger partial charge is 0.483 e. The minimum Gasteiger partial charge on any atom is -0.483 e. The summed E-state index contributed by atoms with van der Waals surface area (Å²) >= 11 is 1.82. The standard InChI is InChI=1S/C20H26N2O3S2/c1-15(2)22-14-20(25-18-6-4-5-7-19(18)27(22,23)24)10-11-21(13-20)12-17-9-8-16(3)26-17/h4-9,15H,10-14H2,1-3H3/t20-/m1/s1. The lowest BCUT2D eigenvalue weighted by Gasteiger charge is -2.33. The molecule has 0 bridgehead atoms. The smallest absolute Gasteiger partial charge is 0.247 e. The Labute approximate surface area is 165 Å².